The number of rotatable bonds is 7. The van der Waals surface area contributed by atoms with Gasteiger partial charge in [0.15, 0.2) is 0 Å². The molecule has 39 heavy (non-hydrogen) atoms. The Bertz CT molecular complexity index is 999. The van der Waals surface area contributed by atoms with Gasteiger partial charge in [-0.3, -0.25) is 20.1 Å². The Morgan fingerprint density at radius 2 is 1.77 bits per heavy atom. The fraction of sp³-hybridized carbons (Fsp3) is 0.781. The van der Waals surface area contributed by atoms with Gasteiger partial charge >= 0.3 is 0 Å². The minimum Gasteiger partial charge on any atom is -0.301 e. The SMILES string of the molecule is CC1CC2CCC(CC(C)(C)C3CC4CCCNC4N3CC3CCC(Cl)C=N3)NC2N1Cc1ccc(Cl)cc1. The van der Waals surface area contributed by atoms with Crippen LogP contribution in [0.15, 0.2) is 29.3 Å². The Balaban J connectivity index is 1.14. The highest BCUT2D eigenvalue weighted by atomic mass is 35.5. The van der Waals surface area contributed by atoms with Crippen molar-refractivity contribution in [2.45, 2.75) is 127 Å². The van der Waals surface area contributed by atoms with Crippen LogP contribution in [0.2, 0.25) is 5.02 Å². The Morgan fingerprint density at radius 1 is 0.974 bits per heavy atom. The molecule has 1 aromatic rings. The maximum atomic E-state index is 6.34. The van der Waals surface area contributed by atoms with E-state index in [-0.39, 0.29) is 10.8 Å². The zero-order valence-corrected chi connectivity index (χ0v) is 25.7. The molecule has 0 amide bonds. The summed E-state index contributed by atoms with van der Waals surface area (Å²) in [5.74, 6) is 1.53. The lowest BCUT2D eigenvalue weighted by molar-refractivity contribution is 0.0423. The second kappa shape index (κ2) is 11.9. The Morgan fingerprint density at radius 3 is 2.54 bits per heavy atom. The van der Waals surface area contributed by atoms with Crippen molar-refractivity contribution in [3.63, 3.8) is 0 Å². The molecule has 5 aliphatic heterocycles. The highest BCUT2D eigenvalue weighted by Crippen LogP contribution is 2.46. The van der Waals surface area contributed by atoms with Crippen LogP contribution >= 0.6 is 23.2 Å². The first kappa shape index (κ1) is 28.4. The van der Waals surface area contributed by atoms with E-state index in [9.17, 15) is 0 Å². The highest BCUT2D eigenvalue weighted by molar-refractivity contribution is 6.30. The molecule has 1 aromatic carbocycles. The van der Waals surface area contributed by atoms with Crippen LogP contribution in [0.5, 0.6) is 0 Å². The Kier molecular flexibility index (Phi) is 8.67. The lowest BCUT2D eigenvalue weighted by atomic mass is 9.74. The van der Waals surface area contributed by atoms with Gasteiger partial charge in [0, 0.05) is 42.5 Å². The average molecular weight is 575 g/mol. The Labute approximate surface area is 246 Å². The number of hydrogen-bond acceptors (Lipinski definition) is 5. The number of benzene rings is 1. The van der Waals surface area contributed by atoms with E-state index in [0.29, 0.717) is 36.5 Å². The van der Waals surface area contributed by atoms with Crippen LogP contribution in [0.4, 0.5) is 0 Å². The molecule has 4 saturated heterocycles. The van der Waals surface area contributed by atoms with Crippen molar-refractivity contribution in [2.24, 2.45) is 22.2 Å². The first-order chi connectivity index (χ1) is 18.8. The average Bonchev–Trinajstić information content (AvgIpc) is 3.44. The van der Waals surface area contributed by atoms with Gasteiger partial charge in [0.1, 0.15) is 0 Å². The van der Waals surface area contributed by atoms with Gasteiger partial charge in [-0.05, 0) is 106 Å². The summed E-state index contributed by atoms with van der Waals surface area (Å²) in [6.07, 6.45) is 14.3. The summed E-state index contributed by atoms with van der Waals surface area (Å²) in [6.45, 7) is 10.7. The molecule has 0 saturated carbocycles. The molecule has 5 nitrogen and oxygen atoms in total. The molecule has 0 spiro atoms. The number of fused-ring (bicyclic) bond motifs is 2. The third-order valence-corrected chi connectivity index (χ3v) is 11.3. The van der Waals surface area contributed by atoms with Crippen molar-refractivity contribution in [2.75, 3.05) is 13.1 Å². The van der Waals surface area contributed by atoms with Gasteiger partial charge in [-0.1, -0.05) is 37.6 Å². The Hall–Kier alpha value is -0.690. The topological polar surface area (TPSA) is 42.9 Å². The second-order valence-corrected chi connectivity index (χ2v) is 15.0. The van der Waals surface area contributed by atoms with Crippen LogP contribution < -0.4 is 10.6 Å². The quantitative estimate of drug-likeness (QED) is 0.376. The molecule has 9 unspecified atom stereocenters. The molecule has 7 heteroatoms. The number of nitrogens with one attached hydrogen (secondary N) is 2. The molecule has 0 bridgehead atoms. The predicted octanol–water partition coefficient (Wildman–Crippen LogP) is 6.29. The summed E-state index contributed by atoms with van der Waals surface area (Å²) in [5, 5.41) is 9.05. The first-order valence-electron chi connectivity index (χ1n) is 15.7. The smallest absolute Gasteiger partial charge is 0.0684 e. The molecule has 6 rings (SSSR count). The van der Waals surface area contributed by atoms with Crippen molar-refractivity contribution >= 4 is 29.4 Å². The van der Waals surface area contributed by atoms with E-state index in [0.717, 1.165) is 49.3 Å². The maximum absolute atomic E-state index is 6.34. The molecule has 0 aliphatic carbocycles. The van der Waals surface area contributed by atoms with E-state index in [1.165, 1.54) is 50.5 Å². The van der Waals surface area contributed by atoms with Gasteiger partial charge in [0.25, 0.3) is 0 Å². The molecule has 0 radical (unpaired) electrons. The number of aliphatic imine (C=N–C) groups is 1. The van der Waals surface area contributed by atoms with Gasteiger partial charge in [0.2, 0.25) is 0 Å². The minimum atomic E-state index is 0.117. The zero-order chi connectivity index (χ0) is 27.1. The molecular weight excluding hydrogens is 525 g/mol. The number of hydrogen-bond donors (Lipinski definition) is 2. The van der Waals surface area contributed by atoms with Crippen LogP contribution in [-0.4, -0.2) is 71.0 Å². The second-order valence-electron chi connectivity index (χ2n) is 14.0. The fourth-order valence-electron chi connectivity index (χ4n) is 8.78. The number of halogens is 2. The summed E-state index contributed by atoms with van der Waals surface area (Å²) in [7, 11) is 0. The molecule has 5 heterocycles. The van der Waals surface area contributed by atoms with Gasteiger partial charge in [-0.25, -0.2) is 0 Å². The molecule has 4 fully saturated rings. The molecular formula is C32H49Cl2N5. The van der Waals surface area contributed by atoms with Gasteiger partial charge in [-0.2, -0.15) is 0 Å². The number of likely N-dealkylation sites (tertiary alicyclic amines) is 2. The predicted molar refractivity (Wildman–Crippen MR) is 164 cm³/mol. The normalized spacial score (nSPS) is 39.6. The summed E-state index contributed by atoms with van der Waals surface area (Å²) < 4.78 is 0. The van der Waals surface area contributed by atoms with E-state index in [4.69, 9.17) is 28.2 Å². The number of piperidine rings is 2. The summed E-state index contributed by atoms with van der Waals surface area (Å²) >= 11 is 12.5. The molecule has 216 valence electrons. The van der Waals surface area contributed by atoms with Crippen molar-refractivity contribution in [3.8, 4) is 0 Å². The lowest BCUT2D eigenvalue weighted by Gasteiger charge is -2.45. The van der Waals surface area contributed by atoms with Crippen LogP contribution in [0.1, 0.15) is 84.1 Å². The third-order valence-electron chi connectivity index (χ3n) is 10.8. The van der Waals surface area contributed by atoms with Crippen molar-refractivity contribution in [1.29, 1.82) is 0 Å². The van der Waals surface area contributed by atoms with E-state index in [1.807, 2.05) is 18.3 Å². The first-order valence-corrected chi connectivity index (χ1v) is 16.5. The van der Waals surface area contributed by atoms with E-state index in [2.05, 4.69) is 53.3 Å². The van der Waals surface area contributed by atoms with Gasteiger partial charge in [-0.15, -0.1) is 11.6 Å². The van der Waals surface area contributed by atoms with Crippen molar-refractivity contribution in [1.82, 2.24) is 20.4 Å². The van der Waals surface area contributed by atoms with Crippen LogP contribution in [0.3, 0.4) is 0 Å². The minimum absolute atomic E-state index is 0.117. The van der Waals surface area contributed by atoms with Crippen LogP contribution in [-0.2, 0) is 6.54 Å². The molecule has 0 aromatic heterocycles. The molecule has 2 N–H and O–H groups in total. The number of alkyl halides is 1. The number of nitrogens with zero attached hydrogens (tertiary/aromatic N) is 3. The van der Waals surface area contributed by atoms with Crippen molar-refractivity contribution < 1.29 is 0 Å². The largest absolute Gasteiger partial charge is 0.301 e. The zero-order valence-electron chi connectivity index (χ0n) is 24.2. The highest BCUT2D eigenvalue weighted by Gasteiger charge is 2.50. The van der Waals surface area contributed by atoms with E-state index >= 15 is 0 Å². The lowest BCUT2D eigenvalue weighted by Crippen LogP contribution is -2.57. The third kappa shape index (κ3) is 6.24. The van der Waals surface area contributed by atoms with Crippen molar-refractivity contribution in [3.05, 3.63) is 34.9 Å². The van der Waals surface area contributed by atoms with Crippen LogP contribution in [0.25, 0.3) is 0 Å². The standard InChI is InChI=1S/C32H49Cl2N5/c1-21-15-24-8-12-27(37-31(24)38(21)19-22-6-9-25(33)10-7-22)17-32(2,3)29-16-23-5-4-14-35-30(23)39(29)20-28-13-11-26(34)18-36-28/h6-7,9-10,18,21,23-24,26-31,35,37H,4-5,8,11-17,19-20H2,1-3H3. The maximum Gasteiger partial charge on any atom is 0.0684 e. The summed E-state index contributed by atoms with van der Waals surface area (Å²) in [6, 6.07) is 10.6. The fourth-order valence-corrected chi connectivity index (χ4v) is 9.09. The molecule has 9 atom stereocenters. The van der Waals surface area contributed by atoms with E-state index in [1.54, 1.807) is 0 Å². The molecule has 5 aliphatic rings. The van der Waals surface area contributed by atoms with E-state index < -0.39 is 0 Å². The van der Waals surface area contributed by atoms with Gasteiger partial charge in [0.05, 0.1) is 23.8 Å². The summed E-state index contributed by atoms with van der Waals surface area (Å²) in [5.41, 5.74) is 1.60. The summed E-state index contributed by atoms with van der Waals surface area (Å²) in [4.78, 5) is 10.4. The van der Waals surface area contributed by atoms with Crippen LogP contribution in [0, 0.1) is 17.3 Å². The van der Waals surface area contributed by atoms with Gasteiger partial charge < -0.3 is 5.32 Å². The monoisotopic (exact) mass is 573 g/mol.